The summed E-state index contributed by atoms with van der Waals surface area (Å²) in [6.07, 6.45) is 5.90. The second-order valence-electron chi connectivity index (χ2n) is 10.0. The number of nitrogens with zero attached hydrogens (tertiary/aromatic N) is 6. The fourth-order valence-electron chi connectivity index (χ4n) is 5.08. The van der Waals surface area contributed by atoms with Gasteiger partial charge in [0.1, 0.15) is 5.82 Å². The van der Waals surface area contributed by atoms with E-state index in [0.29, 0.717) is 11.1 Å². The summed E-state index contributed by atoms with van der Waals surface area (Å²) in [5.41, 5.74) is 7.06. The van der Waals surface area contributed by atoms with Gasteiger partial charge in [-0.25, -0.2) is 4.98 Å². The van der Waals surface area contributed by atoms with Crippen molar-refractivity contribution in [2.24, 2.45) is 0 Å². The Morgan fingerprint density at radius 3 is 2.42 bits per heavy atom. The first-order chi connectivity index (χ1) is 19.6. The van der Waals surface area contributed by atoms with Crippen LogP contribution in [0.1, 0.15) is 27.0 Å². The smallest absolute Gasteiger partial charge is 0.167 e. The molecule has 196 valence electrons. The van der Waals surface area contributed by atoms with Crippen molar-refractivity contribution < 1.29 is 4.79 Å². The Labute approximate surface area is 233 Å². The molecule has 0 radical (unpaired) electrons. The molecule has 5 aromatic rings. The molecule has 6 rings (SSSR count). The number of carbonyl (C=O) groups excluding carboxylic acids is 1. The van der Waals surface area contributed by atoms with Gasteiger partial charge in [-0.2, -0.15) is 5.26 Å². The largest absolute Gasteiger partial charge is 0.353 e. The topological polar surface area (TPSA) is 86.0 Å². The highest BCUT2D eigenvalue weighted by Gasteiger charge is 2.19. The third-order valence-corrected chi connectivity index (χ3v) is 7.32. The first kappa shape index (κ1) is 25.4. The molecule has 0 aliphatic carbocycles. The van der Waals surface area contributed by atoms with Crippen molar-refractivity contribution in [1.29, 1.82) is 5.26 Å². The molecule has 1 aliphatic rings. The molecule has 0 saturated carbocycles. The average molecular weight is 525 g/mol. The monoisotopic (exact) mass is 524 g/mol. The molecule has 0 spiro atoms. The van der Waals surface area contributed by atoms with Crippen molar-refractivity contribution in [3.63, 3.8) is 0 Å². The first-order valence-corrected chi connectivity index (χ1v) is 13.4. The maximum Gasteiger partial charge on any atom is 0.167 e. The van der Waals surface area contributed by atoms with E-state index in [1.165, 1.54) is 5.56 Å². The van der Waals surface area contributed by atoms with Crippen LogP contribution < -0.4 is 4.90 Å². The van der Waals surface area contributed by atoms with Gasteiger partial charge in [0.25, 0.3) is 0 Å². The van der Waals surface area contributed by atoms with E-state index in [4.69, 9.17) is 10.2 Å². The number of nitriles is 1. The lowest BCUT2D eigenvalue weighted by molar-refractivity contribution is 0.0993. The zero-order valence-corrected chi connectivity index (χ0v) is 22.1. The van der Waals surface area contributed by atoms with Crippen LogP contribution in [0.15, 0.2) is 97.5 Å². The predicted octanol–water partition coefficient (Wildman–Crippen LogP) is 5.31. The summed E-state index contributed by atoms with van der Waals surface area (Å²) in [5.74, 6) is 0.899. The molecular formula is C33H28N6O. The fraction of sp³-hybridized carbons (Fsp3) is 0.182. The minimum atomic E-state index is -0.00346. The average Bonchev–Trinajstić information content (AvgIpc) is 3.02. The van der Waals surface area contributed by atoms with Crippen molar-refractivity contribution in [1.82, 2.24) is 19.9 Å². The molecule has 7 heteroatoms. The molecule has 2 aromatic heterocycles. The maximum atomic E-state index is 12.7. The molecule has 7 nitrogen and oxygen atoms in total. The van der Waals surface area contributed by atoms with E-state index in [-0.39, 0.29) is 12.2 Å². The van der Waals surface area contributed by atoms with Crippen LogP contribution in [-0.2, 0) is 13.0 Å². The second-order valence-corrected chi connectivity index (χ2v) is 10.0. The van der Waals surface area contributed by atoms with E-state index in [0.717, 1.165) is 66.3 Å². The van der Waals surface area contributed by atoms with Crippen LogP contribution in [0.4, 0.5) is 5.82 Å². The molecule has 0 unspecified atom stereocenters. The van der Waals surface area contributed by atoms with Crippen LogP contribution >= 0.6 is 0 Å². The quantitative estimate of drug-likeness (QED) is 0.267. The number of carbonyl (C=O) groups is 1. The molecular weight excluding hydrogens is 496 g/mol. The summed E-state index contributed by atoms with van der Waals surface area (Å²) < 4.78 is 0. The van der Waals surface area contributed by atoms with Gasteiger partial charge in [-0.3, -0.25) is 19.7 Å². The van der Waals surface area contributed by atoms with Crippen LogP contribution in [0.2, 0.25) is 0 Å². The number of hydrogen-bond acceptors (Lipinski definition) is 7. The van der Waals surface area contributed by atoms with Gasteiger partial charge in [-0.15, -0.1) is 0 Å². The minimum absolute atomic E-state index is 0.00346. The van der Waals surface area contributed by atoms with Crippen LogP contribution in [0.5, 0.6) is 0 Å². The number of ketones is 1. The lowest BCUT2D eigenvalue weighted by atomic mass is 9.98. The highest BCUT2D eigenvalue weighted by Crippen LogP contribution is 2.25. The number of piperazine rings is 1. The van der Waals surface area contributed by atoms with Crippen LogP contribution in [0.25, 0.3) is 22.2 Å². The number of Topliss-reactive ketones (excluding diaryl/α,β-unsaturated/α-hetero) is 1. The van der Waals surface area contributed by atoms with Gasteiger partial charge in [0.2, 0.25) is 0 Å². The van der Waals surface area contributed by atoms with Gasteiger partial charge < -0.3 is 4.90 Å². The Kier molecular flexibility index (Phi) is 7.25. The minimum Gasteiger partial charge on any atom is -0.353 e. The van der Waals surface area contributed by atoms with Gasteiger partial charge in [0, 0.05) is 57.1 Å². The van der Waals surface area contributed by atoms with E-state index in [2.05, 4.69) is 44.0 Å². The number of hydrogen-bond donors (Lipinski definition) is 0. The molecule has 0 atom stereocenters. The standard InChI is InChI=1S/C33H28N6O/c34-20-25-3-1-5-29(17-25)32(40)18-24-6-8-27(9-7-24)28-10-11-30-31(19-28)37-33(22-36-30)39-15-13-38(14-16-39)23-26-4-2-12-35-21-26/h1-12,17,19,21-22H,13-16,18,23H2. The number of anilines is 1. The predicted molar refractivity (Wildman–Crippen MR) is 156 cm³/mol. The molecule has 40 heavy (non-hydrogen) atoms. The lowest BCUT2D eigenvalue weighted by Crippen LogP contribution is -2.46. The summed E-state index contributed by atoms with van der Waals surface area (Å²) in [7, 11) is 0. The molecule has 1 saturated heterocycles. The highest BCUT2D eigenvalue weighted by atomic mass is 16.1. The summed E-state index contributed by atoms with van der Waals surface area (Å²) in [4.78, 5) is 31.3. The second kappa shape index (κ2) is 11.4. The Balaban J connectivity index is 1.13. The Bertz CT molecular complexity index is 1690. The van der Waals surface area contributed by atoms with Crippen molar-refractivity contribution in [2.45, 2.75) is 13.0 Å². The van der Waals surface area contributed by atoms with Gasteiger partial charge in [0.15, 0.2) is 5.78 Å². The van der Waals surface area contributed by atoms with Crippen molar-refractivity contribution in [2.75, 3.05) is 31.1 Å². The molecule has 0 N–H and O–H groups in total. The molecule has 1 fully saturated rings. The van der Waals surface area contributed by atoms with E-state index in [9.17, 15) is 4.79 Å². The summed E-state index contributed by atoms with van der Waals surface area (Å²) in [6.45, 7) is 4.65. The Morgan fingerprint density at radius 2 is 1.65 bits per heavy atom. The first-order valence-electron chi connectivity index (χ1n) is 13.4. The normalized spacial score (nSPS) is 13.7. The van der Waals surface area contributed by atoms with Crippen molar-refractivity contribution >= 4 is 22.6 Å². The maximum absolute atomic E-state index is 12.7. The Morgan fingerprint density at radius 1 is 0.825 bits per heavy atom. The van der Waals surface area contributed by atoms with E-state index in [1.54, 1.807) is 24.3 Å². The van der Waals surface area contributed by atoms with E-state index in [1.807, 2.05) is 55.0 Å². The number of benzene rings is 3. The highest BCUT2D eigenvalue weighted by molar-refractivity contribution is 5.97. The molecule has 3 heterocycles. The number of pyridine rings is 1. The van der Waals surface area contributed by atoms with E-state index < -0.39 is 0 Å². The summed E-state index contributed by atoms with van der Waals surface area (Å²) in [6, 6.07) is 27.2. The lowest BCUT2D eigenvalue weighted by Gasteiger charge is -2.35. The van der Waals surface area contributed by atoms with E-state index >= 15 is 0 Å². The van der Waals surface area contributed by atoms with Gasteiger partial charge in [-0.05, 0) is 52.6 Å². The Hall–Kier alpha value is -4.93. The number of fused-ring (bicyclic) bond motifs is 1. The molecule has 0 amide bonds. The summed E-state index contributed by atoms with van der Waals surface area (Å²) >= 11 is 0. The third-order valence-electron chi connectivity index (χ3n) is 7.32. The number of rotatable bonds is 7. The van der Waals surface area contributed by atoms with Crippen molar-refractivity contribution in [3.05, 3.63) is 120 Å². The van der Waals surface area contributed by atoms with Crippen LogP contribution in [0.3, 0.4) is 0 Å². The summed E-state index contributed by atoms with van der Waals surface area (Å²) in [5, 5.41) is 9.10. The van der Waals surface area contributed by atoms with Crippen molar-refractivity contribution in [3.8, 4) is 17.2 Å². The number of aromatic nitrogens is 3. The van der Waals surface area contributed by atoms with Gasteiger partial charge in [-0.1, -0.05) is 48.5 Å². The molecule has 3 aromatic carbocycles. The van der Waals surface area contributed by atoms with Gasteiger partial charge in [0.05, 0.1) is 28.9 Å². The van der Waals surface area contributed by atoms with Crippen LogP contribution in [0, 0.1) is 11.3 Å². The zero-order valence-electron chi connectivity index (χ0n) is 22.1. The zero-order chi connectivity index (χ0) is 27.3. The SMILES string of the molecule is N#Cc1cccc(C(=O)Cc2ccc(-c3ccc4ncc(N5CCN(Cc6cccnc6)CC5)nc4c3)cc2)c1. The molecule has 0 bridgehead atoms. The third kappa shape index (κ3) is 5.73. The molecule has 1 aliphatic heterocycles. The van der Waals surface area contributed by atoms with Gasteiger partial charge >= 0.3 is 0 Å². The van der Waals surface area contributed by atoms with Crippen LogP contribution in [-0.4, -0.2) is 51.8 Å². The fourth-order valence-corrected chi connectivity index (χ4v) is 5.08.